The summed E-state index contributed by atoms with van der Waals surface area (Å²) >= 11 is 0. The molecule has 0 bridgehead atoms. The summed E-state index contributed by atoms with van der Waals surface area (Å²) in [7, 11) is 0. The van der Waals surface area contributed by atoms with Crippen LogP contribution in [-0.4, -0.2) is 18.1 Å². The molecule has 14 heavy (non-hydrogen) atoms. The third-order valence-corrected chi connectivity index (χ3v) is 2.52. The molecule has 0 amide bonds. The van der Waals surface area contributed by atoms with E-state index in [9.17, 15) is 4.39 Å². The summed E-state index contributed by atoms with van der Waals surface area (Å²) in [6, 6.07) is 3.47. The molecule has 1 N–H and O–H groups in total. The maximum atomic E-state index is 13.2. The molecular weight excluding hydrogens is 206 g/mol. The van der Waals surface area contributed by atoms with Crippen molar-refractivity contribution in [2.45, 2.75) is 18.8 Å². The predicted octanol–water partition coefficient (Wildman–Crippen LogP) is -1.51. The minimum atomic E-state index is -0.352. The molecule has 0 spiro atoms. The molecule has 2 nitrogen and oxygen atoms in total. The Balaban J connectivity index is 0.000000980. The van der Waals surface area contributed by atoms with Crippen LogP contribution in [0.1, 0.15) is 24.3 Å². The van der Waals surface area contributed by atoms with E-state index in [1.54, 1.807) is 12.1 Å². The van der Waals surface area contributed by atoms with Crippen LogP contribution in [0.15, 0.2) is 12.1 Å². The summed E-state index contributed by atoms with van der Waals surface area (Å²) in [5.41, 5.74) is 0.750. The van der Waals surface area contributed by atoms with Gasteiger partial charge in [0.25, 0.3) is 0 Å². The van der Waals surface area contributed by atoms with E-state index in [1.807, 2.05) is 0 Å². The maximum Gasteiger partial charge on any atom is 1.00 e. The first-order valence-electron chi connectivity index (χ1n) is 4.61. The van der Waals surface area contributed by atoms with Crippen LogP contribution in [-0.2, 0) is 0 Å². The number of nitrogens with one attached hydrogen (secondary N) is 1. The molecule has 0 atom stereocenters. The third kappa shape index (κ3) is 3.08. The van der Waals surface area contributed by atoms with E-state index in [2.05, 4.69) is 16.5 Å². The number of pyridine rings is 1. The fourth-order valence-corrected chi connectivity index (χ4v) is 1.79. The second-order valence-electron chi connectivity index (χ2n) is 3.34. The van der Waals surface area contributed by atoms with E-state index in [1.165, 1.54) is 0 Å². The predicted molar refractivity (Wildman–Crippen MR) is 47.9 cm³/mol. The van der Waals surface area contributed by atoms with Gasteiger partial charge >= 0.3 is 51.4 Å². The van der Waals surface area contributed by atoms with Gasteiger partial charge in [0.2, 0.25) is 0 Å². The van der Waals surface area contributed by atoms with E-state index in [0.29, 0.717) is 5.92 Å². The molecule has 0 saturated carbocycles. The number of halogens is 1. The monoisotopic (exact) mass is 218 g/mol. The van der Waals surface area contributed by atoms with E-state index < -0.39 is 0 Å². The van der Waals surface area contributed by atoms with E-state index in [0.717, 1.165) is 31.5 Å². The zero-order valence-corrected chi connectivity index (χ0v) is 11.5. The maximum absolute atomic E-state index is 13.2. The molecule has 1 aliphatic heterocycles. The molecule has 0 aliphatic carbocycles. The summed E-state index contributed by atoms with van der Waals surface area (Å²) in [5.74, 6) is -0.0160. The van der Waals surface area contributed by atoms with Gasteiger partial charge in [0.05, 0.1) is 5.95 Å². The topological polar surface area (TPSA) is 24.9 Å². The van der Waals surface area contributed by atoms with Crippen LogP contribution in [0.3, 0.4) is 0 Å². The van der Waals surface area contributed by atoms with E-state index >= 15 is 0 Å². The minimum absolute atomic E-state index is 0. The van der Waals surface area contributed by atoms with E-state index in [-0.39, 0.29) is 57.3 Å². The van der Waals surface area contributed by atoms with Gasteiger partial charge in [0.1, 0.15) is 0 Å². The molecule has 1 aliphatic rings. The SMILES string of the molecule is Fc1n[c-]ccc1C1CCNCC1.[K+]. The smallest absolute Gasteiger partial charge is 0.361 e. The number of hydrogen-bond donors (Lipinski definition) is 1. The first-order valence-corrected chi connectivity index (χ1v) is 4.61. The van der Waals surface area contributed by atoms with Gasteiger partial charge in [-0.3, -0.25) is 4.39 Å². The molecule has 2 rings (SSSR count). The van der Waals surface area contributed by atoms with Crippen LogP contribution in [0.25, 0.3) is 0 Å². The van der Waals surface area contributed by atoms with Crippen molar-refractivity contribution in [3.8, 4) is 0 Å². The van der Waals surface area contributed by atoms with Crippen molar-refractivity contribution in [1.82, 2.24) is 10.3 Å². The molecule has 1 fully saturated rings. The Hall–Kier alpha value is 0.676. The Kier molecular flexibility index (Phi) is 5.74. The van der Waals surface area contributed by atoms with Crippen molar-refractivity contribution < 1.29 is 55.8 Å². The standard InChI is InChI=1S/C10H12FN2.K/c11-10-9(2-1-5-13-10)8-3-6-12-7-4-8;/h1-2,8,12H,3-4,6-7H2;/q-1;+1. The number of hydrogen-bond acceptors (Lipinski definition) is 2. The second-order valence-corrected chi connectivity index (χ2v) is 3.34. The third-order valence-electron chi connectivity index (χ3n) is 2.52. The average Bonchev–Trinajstić information content (AvgIpc) is 2.20. The molecule has 0 aromatic carbocycles. The number of nitrogens with zero attached hydrogens (tertiary/aromatic N) is 1. The molecule has 1 aromatic heterocycles. The zero-order valence-electron chi connectivity index (χ0n) is 8.39. The number of piperidine rings is 1. The Morgan fingerprint density at radius 2 is 2.14 bits per heavy atom. The summed E-state index contributed by atoms with van der Waals surface area (Å²) < 4.78 is 13.2. The summed E-state index contributed by atoms with van der Waals surface area (Å²) in [4.78, 5) is 3.54. The van der Waals surface area contributed by atoms with Gasteiger partial charge in [0.15, 0.2) is 0 Å². The van der Waals surface area contributed by atoms with Gasteiger partial charge in [-0.15, -0.1) is 5.56 Å². The van der Waals surface area contributed by atoms with Crippen molar-refractivity contribution in [3.63, 3.8) is 0 Å². The van der Waals surface area contributed by atoms with Crippen LogP contribution >= 0.6 is 0 Å². The number of rotatable bonds is 1. The van der Waals surface area contributed by atoms with Crippen LogP contribution in [0.5, 0.6) is 0 Å². The fourth-order valence-electron chi connectivity index (χ4n) is 1.79. The molecule has 70 valence electrons. The summed E-state index contributed by atoms with van der Waals surface area (Å²) in [6.07, 6.45) is 4.50. The second kappa shape index (κ2) is 6.30. The molecule has 0 unspecified atom stereocenters. The van der Waals surface area contributed by atoms with Crippen molar-refractivity contribution in [2.24, 2.45) is 0 Å². The van der Waals surface area contributed by atoms with Gasteiger partial charge in [-0.05, 0) is 31.8 Å². The van der Waals surface area contributed by atoms with Gasteiger partial charge in [-0.25, -0.2) is 0 Å². The fraction of sp³-hybridized carbons (Fsp3) is 0.500. The Morgan fingerprint density at radius 3 is 2.79 bits per heavy atom. The van der Waals surface area contributed by atoms with Gasteiger partial charge in [-0.1, -0.05) is 6.20 Å². The van der Waals surface area contributed by atoms with Crippen LogP contribution in [0.2, 0.25) is 0 Å². The van der Waals surface area contributed by atoms with Gasteiger partial charge in [-0.2, -0.15) is 12.1 Å². The van der Waals surface area contributed by atoms with E-state index in [4.69, 9.17) is 0 Å². The average molecular weight is 218 g/mol. The quantitative estimate of drug-likeness (QED) is 0.352. The minimum Gasteiger partial charge on any atom is -0.361 e. The van der Waals surface area contributed by atoms with Gasteiger partial charge in [0, 0.05) is 0 Å². The molecule has 0 radical (unpaired) electrons. The molecule has 4 heteroatoms. The largest absolute Gasteiger partial charge is 1.00 e. The van der Waals surface area contributed by atoms with Gasteiger partial charge < -0.3 is 10.3 Å². The Bertz CT molecular complexity index is 287. The Labute approximate surface area is 126 Å². The molecular formula is C10H12FKN2. The summed E-state index contributed by atoms with van der Waals surface area (Å²) in [6.45, 7) is 1.95. The molecule has 2 heterocycles. The molecule has 1 saturated heterocycles. The first-order chi connectivity index (χ1) is 6.38. The first kappa shape index (κ1) is 12.7. The van der Waals surface area contributed by atoms with Crippen molar-refractivity contribution in [3.05, 3.63) is 29.8 Å². The van der Waals surface area contributed by atoms with Crippen LogP contribution in [0.4, 0.5) is 4.39 Å². The van der Waals surface area contributed by atoms with Crippen molar-refractivity contribution in [2.75, 3.05) is 13.1 Å². The normalized spacial score (nSPS) is 17.5. The number of aromatic nitrogens is 1. The van der Waals surface area contributed by atoms with Crippen molar-refractivity contribution in [1.29, 1.82) is 0 Å². The van der Waals surface area contributed by atoms with Crippen LogP contribution in [0, 0.1) is 12.1 Å². The van der Waals surface area contributed by atoms with Crippen molar-refractivity contribution >= 4 is 0 Å². The molecule has 1 aromatic rings. The zero-order chi connectivity index (χ0) is 9.10. The Morgan fingerprint density at radius 1 is 1.43 bits per heavy atom. The summed E-state index contributed by atoms with van der Waals surface area (Å²) in [5, 5.41) is 3.25. The van der Waals surface area contributed by atoms with Crippen LogP contribution < -0.4 is 56.7 Å².